The SMILES string of the molecule is C[C@H]1CCCCN1C(=O)CSc1nnnn1-c1ccc(OC(F)(F)F)cc1. The fourth-order valence-corrected chi connectivity index (χ4v) is 3.67. The molecule has 3 rings (SSSR count). The zero-order valence-corrected chi connectivity index (χ0v) is 15.3. The first-order valence-electron chi connectivity index (χ1n) is 8.40. The monoisotopic (exact) mass is 401 g/mol. The molecule has 1 amide bonds. The van der Waals surface area contributed by atoms with Gasteiger partial charge >= 0.3 is 6.36 Å². The lowest BCUT2D eigenvalue weighted by molar-refractivity contribution is -0.274. The predicted octanol–water partition coefficient (Wildman–Crippen LogP) is 3.05. The van der Waals surface area contributed by atoms with Crippen LogP contribution in [0.1, 0.15) is 26.2 Å². The molecule has 0 N–H and O–H groups in total. The summed E-state index contributed by atoms with van der Waals surface area (Å²) in [5.74, 6) is -0.113. The molecule has 0 aliphatic carbocycles. The number of aromatic nitrogens is 4. The molecule has 1 aromatic heterocycles. The van der Waals surface area contributed by atoms with E-state index in [1.54, 1.807) is 0 Å². The number of halogens is 3. The van der Waals surface area contributed by atoms with Crippen LogP contribution in [0.4, 0.5) is 13.2 Å². The number of amides is 1. The van der Waals surface area contributed by atoms with E-state index in [1.165, 1.54) is 40.7 Å². The van der Waals surface area contributed by atoms with Gasteiger partial charge in [-0.2, -0.15) is 4.68 Å². The highest BCUT2D eigenvalue weighted by Gasteiger charge is 2.31. The molecular weight excluding hydrogens is 383 g/mol. The molecule has 1 atom stereocenters. The number of alkyl halides is 3. The highest BCUT2D eigenvalue weighted by Crippen LogP contribution is 2.25. The van der Waals surface area contributed by atoms with Gasteiger partial charge in [0, 0.05) is 12.6 Å². The summed E-state index contributed by atoms with van der Waals surface area (Å²) in [5.41, 5.74) is 0.468. The molecule has 1 saturated heterocycles. The quantitative estimate of drug-likeness (QED) is 0.717. The van der Waals surface area contributed by atoms with Crippen molar-refractivity contribution in [3.05, 3.63) is 24.3 Å². The number of nitrogens with zero attached hydrogens (tertiary/aromatic N) is 5. The van der Waals surface area contributed by atoms with Gasteiger partial charge in [-0.05, 0) is 60.9 Å². The average molecular weight is 401 g/mol. The van der Waals surface area contributed by atoms with Crippen LogP contribution < -0.4 is 4.74 Å². The Labute approximate surface area is 157 Å². The van der Waals surface area contributed by atoms with Gasteiger partial charge in [-0.15, -0.1) is 18.3 Å². The Morgan fingerprint density at radius 2 is 2.04 bits per heavy atom. The largest absolute Gasteiger partial charge is 0.573 e. The van der Waals surface area contributed by atoms with Crippen LogP contribution in [0.2, 0.25) is 0 Å². The van der Waals surface area contributed by atoms with Crippen molar-refractivity contribution in [2.45, 2.75) is 43.7 Å². The van der Waals surface area contributed by atoms with Gasteiger partial charge in [0.15, 0.2) is 0 Å². The predicted molar refractivity (Wildman–Crippen MR) is 91.6 cm³/mol. The van der Waals surface area contributed by atoms with E-state index in [9.17, 15) is 18.0 Å². The van der Waals surface area contributed by atoms with Crippen LogP contribution in [0.5, 0.6) is 5.75 Å². The number of ether oxygens (including phenoxy) is 1. The topological polar surface area (TPSA) is 73.1 Å². The zero-order chi connectivity index (χ0) is 19.4. The third-order valence-corrected chi connectivity index (χ3v) is 5.11. The van der Waals surface area contributed by atoms with Crippen LogP contribution in [0.15, 0.2) is 29.4 Å². The highest BCUT2D eigenvalue weighted by molar-refractivity contribution is 7.99. The number of thioether (sulfide) groups is 1. The summed E-state index contributed by atoms with van der Waals surface area (Å²) in [7, 11) is 0. The minimum Gasteiger partial charge on any atom is -0.406 e. The van der Waals surface area contributed by atoms with Gasteiger partial charge in [0.2, 0.25) is 11.1 Å². The van der Waals surface area contributed by atoms with Crippen molar-refractivity contribution in [1.82, 2.24) is 25.1 Å². The molecule has 0 spiro atoms. The number of rotatable bonds is 5. The Balaban J connectivity index is 1.64. The van der Waals surface area contributed by atoms with Crippen LogP contribution in [0, 0.1) is 0 Å². The second-order valence-corrected chi connectivity index (χ2v) is 7.08. The maximum absolute atomic E-state index is 12.4. The molecule has 1 aromatic carbocycles. The summed E-state index contributed by atoms with van der Waals surface area (Å²) in [6.45, 7) is 2.79. The Kier molecular flexibility index (Phi) is 5.88. The second-order valence-electron chi connectivity index (χ2n) is 6.14. The minimum absolute atomic E-state index is 0.0238. The lowest BCUT2D eigenvalue weighted by Crippen LogP contribution is -2.42. The molecule has 2 heterocycles. The van der Waals surface area contributed by atoms with E-state index >= 15 is 0 Å². The third kappa shape index (κ3) is 5.12. The van der Waals surface area contributed by atoms with Gasteiger partial charge < -0.3 is 9.64 Å². The second kappa shape index (κ2) is 8.15. The van der Waals surface area contributed by atoms with E-state index in [2.05, 4.69) is 20.3 Å². The Morgan fingerprint density at radius 3 is 2.70 bits per heavy atom. The van der Waals surface area contributed by atoms with E-state index < -0.39 is 6.36 Å². The summed E-state index contributed by atoms with van der Waals surface area (Å²) >= 11 is 1.19. The van der Waals surface area contributed by atoms with Crippen molar-refractivity contribution in [2.24, 2.45) is 0 Å². The number of tetrazole rings is 1. The molecule has 0 unspecified atom stereocenters. The lowest BCUT2D eigenvalue weighted by Gasteiger charge is -2.33. The maximum Gasteiger partial charge on any atom is 0.573 e. The van der Waals surface area contributed by atoms with E-state index in [4.69, 9.17) is 0 Å². The van der Waals surface area contributed by atoms with Crippen molar-refractivity contribution in [3.8, 4) is 11.4 Å². The molecule has 0 saturated carbocycles. The fraction of sp³-hybridized carbons (Fsp3) is 0.500. The van der Waals surface area contributed by atoms with E-state index in [0.29, 0.717) is 10.8 Å². The van der Waals surface area contributed by atoms with Gasteiger partial charge in [-0.1, -0.05) is 11.8 Å². The van der Waals surface area contributed by atoms with Gasteiger partial charge in [0.05, 0.1) is 11.4 Å². The van der Waals surface area contributed by atoms with Gasteiger partial charge in [0.25, 0.3) is 0 Å². The third-order valence-electron chi connectivity index (χ3n) is 4.20. The van der Waals surface area contributed by atoms with Crippen LogP contribution in [-0.2, 0) is 4.79 Å². The Hall–Kier alpha value is -2.30. The van der Waals surface area contributed by atoms with Gasteiger partial charge in [0.1, 0.15) is 5.75 Å². The Morgan fingerprint density at radius 1 is 1.30 bits per heavy atom. The molecule has 7 nitrogen and oxygen atoms in total. The number of likely N-dealkylation sites (tertiary alicyclic amines) is 1. The maximum atomic E-state index is 12.4. The summed E-state index contributed by atoms with van der Waals surface area (Å²) < 4.78 is 41.9. The first-order chi connectivity index (χ1) is 12.8. The minimum atomic E-state index is -4.75. The molecule has 11 heteroatoms. The smallest absolute Gasteiger partial charge is 0.406 e. The fourth-order valence-electron chi connectivity index (χ4n) is 2.90. The van der Waals surface area contributed by atoms with Crippen molar-refractivity contribution >= 4 is 17.7 Å². The normalized spacial score (nSPS) is 17.8. The van der Waals surface area contributed by atoms with Gasteiger partial charge in [-0.3, -0.25) is 4.79 Å². The summed E-state index contributed by atoms with van der Waals surface area (Å²) in [4.78, 5) is 14.3. The number of piperidine rings is 1. The molecule has 0 radical (unpaired) electrons. The molecule has 1 fully saturated rings. The summed E-state index contributed by atoms with van der Waals surface area (Å²) in [5, 5.41) is 11.7. The van der Waals surface area contributed by atoms with Crippen molar-refractivity contribution in [3.63, 3.8) is 0 Å². The standard InChI is InChI=1S/C16H18F3N5O2S/c1-11-4-2-3-9-23(11)14(25)10-27-15-20-21-22-24(15)12-5-7-13(8-6-12)26-16(17,18)19/h5-8,11H,2-4,9-10H2,1H3/t11-/m0/s1. The van der Waals surface area contributed by atoms with E-state index in [0.717, 1.165) is 25.8 Å². The summed E-state index contributed by atoms with van der Waals surface area (Å²) in [6.07, 6.45) is -1.61. The first kappa shape index (κ1) is 19.5. The zero-order valence-electron chi connectivity index (χ0n) is 14.5. The summed E-state index contributed by atoms with van der Waals surface area (Å²) in [6, 6.07) is 5.41. The number of carbonyl (C=O) groups is 1. The van der Waals surface area contributed by atoms with Gasteiger partial charge in [-0.25, -0.2) is 0 Å². The highest BCUT2D eigenvalue weighted by atomic mass is 32.2. The van der Waals surface area contributed by atoms with Crippen LogP contribution in [-0.4, -0.2) is 55.7 Å². The van der Waals surface area contributed by atoms with E-state index in [-0.39, 0.29) is 23.5 Å². The molecule has 2 aromatic rings. The first-order valence-corrected chi connectivity index (χ1v) is 9.39. The molecule has 1 aliphatic heterocycles. The van der Waals surface area contributed by atoms with Crippen LogP contribution in [0.25, 0.3) is 5.69 Å². The molecule has 146 valence electrons. The number of carbonyl (C=O) groups excluding carboxylic acids is 1. The number of hydrogen-bond acceptors (Lipinski definition) is 6. The van der Waals surface area contributed by atoms with E-state index in [1.807, 2.05) is 11.8 Å². The molecule has 0 bridgehead atoms. The van der Waals surface area contributed by atoms with Crippen LogP contribution in [0.3, 0.4) is 0 Å². The lowest BCUT2D eigenvalue weighted by atomic mass is 10.0. The van der Waals surface area contributed by atoms with Crippen molar-refractivity contribution in [2.75, 3.05) is 12.3 Å². The number of benzene rings is 1. The van der Waals surface area contributed by atoms with Crippen LogP contribution >= 0.6 is 11.8 Å². The average Bonchev–Trinajstić information content (AvgIpc) is 3.08. The Bertz CT molecular complexity index is 781. The number of hydrogen-bond donors (Lipinski definition) is 0. The molecule has 27 heavy (non-hydrogen) atoms. The molecular formula is C16H18F3N5O2S. The van der Waals surface area contributed by atoms with Crippen molar-refractivity contribution < 1.29 is 22.7 Å². The van der Waals surface area contributed by atoms with Crippen molar-refractivity contribution in [1.29, 1.82) is 0 Å². The molecule has 1 aliphatic rings.